The summed E-state index contributed by atoms with van der Waals surface area (Å²) in [5, 5.41) is 18.7. The van der Waals surface area contributed by atoms with Crippen molar-refractivity contribution in [2.75, 3.05) is 26.2 Å². The Balaban J connectivity index is 1.35. The van der Waals surface area contributed by atoms with E-state index in [4.69, 9.17) is 4.42 Å². The molecular formula is C20H18F3N5O5S. The molecule has 0 spiro atoms. The van der Waals surface area contributed by atoms with Gasteiger partial charge in [-0.15, -0.1) is 10.2 Å². The number of nitro groups is 1. The van der Waals surface area contributed by atoms with E-state index in [1.165, 1.54) is 28.6 Å². The number of aromatic nitrogens is 2. The third kappa shape index (κ3) is 5.08. The molecule has 0 bridgehead atoms. The molecule has 0 radical (unpaired) electrons. The van der Waals surface area contributed by atoms with Crippen LogP contribution < -0.4 is 0 Å². The fourth-order valence-electron chi connectivity index (χ4n) is 3.44. The summed E-state index contributed by atoms with van der Waals surface area (Å²) in [6.45, 7) is 1.28. The summed E-state index contributed by atoms with van der Waals surface area (Å²) in [4.78, 5) is 12.0. The predicted molar refractivity (Wildman–Crippen MR) is 112 cm³/mol. The maximum absolute atomic E-state index is 12.8. The first-order valence-electron chi connectivity index (χ1n) is 10.0. The zero-order valence-electron chi connectivity index (χ0n) is 17.5. The Morgan fingerprint density at radius 3 is 2.15 bits per heavy atom. The van der Waals surface area contributed by atoms with E-state index in [-0.39, 0.29) is 36.1 Å². The predicted octanol–water partition coefficient (Wildman–Crippen LogP) is 3.17. The van der Waals surface area contributed by atoms with Crippen molar-refractivity contribution in [3.63, 3.8) is 0 Å². The minimum atomic E-state index is -4.54. The van der Waals surface area contributed by atoms with Crippen LogP contribution in [-0.4, -0.2) is 58.9 Å². The van der Waals surface area contributed by atoms with Crippen LogP contribution in [0.15, 0.2) is 57.8 Å². The van der Waals surface area contributed by atoms with E-state index in [2.05, 4.69) is 10.2 Å². The van der Waals surface area contributed by atoms with Gasteiger partial charge in [-0.3, -0.25) is 15.0 Å². The van der Waals surface area contributed by atoms with Gasteiger partial charge < -0.3 is 4.42 Å². The minimum absolute atomic E-state index is 0.0624. The Hall–Kier alpha value is -3.36. The first kappa shape index (κ1) is 23.8. The van der Waals surface area contributed by atoms with E-state index in [0.29, 0.717) is 24.5 Å². The van der Waals surface area contributed by atoms with Crippen molar-refractivity contribution in [2.45, 2.75) is 17.6 Å². The number of benzene rings is 2. The topological polar surface area (TPSA) is 123 Å². The van der Waals surface area contributed by atoms with Crippen LogP contribution in [0.2, 0.25) is 0 Å². The molecule has 0 atom stereocenters. The Labute approximate surface area is 191 Å². The average Bonchev–Trinajstić information content (AvgIpc) is 3.27. The summed E-state index contributed by atoms with van der Waals surface area (Å²) in [6, 6.07) is 9.08. The van der Waals surface area contributed by atoms with E-state index in [0.717, 1.165) is 24.3 Å². The molecule has 0 amide bonds. The van der Waals surface area contributed by atoms with Gasteiger partial charge in [0.05, 0.1) is 21.9 Å². The molecule has 34 heavy (non-hydrogen) atoms. The SMILES string of the molecule is O=[N+]([O-])c1ccc(-c2nnc(CN3CCN(S(=O)(=O)c4ccc(C(F)(F)F)cc4)CC3)o2)cc1. The largest absolute Gasteiger partial charge is 0.419 e. The van der Waals surface area contributed by atoms with Gasteiger partial charge in [-0.2, -0.15) is 17.5 Å². The summed E-state index contributed by atoms with van der Waals surface area (Å²) in [7, 11) is -3.92. The summed E-state index contributed by atoms with van der Waals surface area (Å²) >= 11 is 0. The number of hydrogen-bond acceptors (Lipinski definition) is 8. The van der Waals surface area contributed by atoms with Gasteiger partial charge in [0.25, 0.3) is 5.69 Å². The molecule has 1 aromatic heterocycles. The lowest BCUT2D eigenvalue weighted by molar-refractivity contribution is -0.384. The highest BCUT2D eigenvalue weighted by Gasteiger charge is 2.32. The lowest BCUT2D eigenvalue weighted by Gasteiger charge is -2.33. The quantitative estimate of drug-likeness (QED) is 0.376. The molecule has 1 fully saturated rings. The molecule has 2 aromatic carbocycles. The number of sulfonamides is 1. The molecule has 10 nitrogen and oxygen atoms in total. The molecule has 0 N–H and O–H groups in total. The first-order chi connectivity index (χ1) is 16.0. The van der Waals surface area contributed by atoms with Gasteiger partial charge in [-0.25, -0.2) is 8.42 Å². The van der Waals surface area contributed by atoms with Gasteiger partial charge in [0.2, 0.25) is 21.8 Å². The molecule has 3 aromatic rings. The minimum Gasteiger partial charge on any atom is -0.419 e. The molecule has 4 rings (SSSR count). The lowest BCUT2D eigenvalue weighted by Crippen LogP contribution is -2.48. The summed E-state index contributed by atoms with van der Waals surface area (Å²) in [6.07, 6.45) is -4.54. The molecule has 0 aliphatic carbocycles. The van der Waals surface area contributed by atoms with E-state index in [1.807, 2.05) is 4.90 Å². The van der Waals surface area contributed by atoms with Crippen LogP contribution in [-0.2, 0) is 22.7 Å². The number of non-ortho nitro benzene ring substituents is 1. The van der Waals surface area contributed by atoms with E-state index in [1.54, 1.807) is 0 Å². The summed E-state index contributed by atoms with van der Waals surface area (Å²) in [5.41, 5.74) is -0.451. The molecule has 1 aliphatic heterocycles. The van der Waals surface area contributed by atoms with Crippen molar-refractivity contribution in [2.24, 2.45) is 0 Å². The van der Waals surface area contributed by atoms with Gasteiger partial charge in [-0.05, 0) is 36.4 Å². The third-order valence-electron chi connectivity index (χ3n) is 5.30. The Morgan fingerprint density at radius 2 is 1.59 bits per heavy atom. The van der Waals surface area contributed by atoms with Gasteiger partial charge in [0, 0.05) is 43.9 Å². The van der Waals surface area contributed by atoms with Crippen molar-refractivity contribution >= 4 is 15.7 Å². The van der Waals surface area contributed by atoms with Crippen LogP contribution in [0.4, 0.5) is 18.9 Å². The number of rotatable bonds is 6. The van der Waals surface area contributed by atoms with Crippen molar-refractivity contribution < 1.29 is 30.9 Å². The summed E-state index contributed by atoms with van der Waals surface area (Å²) < 4.78 is 70.6. The average molecular weight is 497 g/mol. The first-order valence-corrected chi connectivity index (χ1v) is 11.4. The number of alkyl halides is 3. The van der Waals surface area contributed by atoms with Crippen molar-refractivity contribution in [1.29, 1.82) is 0 Å². The van der Waals surface area contributed by atoms with E-state index < -0.39 is 26.7 Å². The fraction of sp³-hybridized carbons (Fsp3) is 0.300. The number of piperazine rings is 1. The summed E-state index contributed by atoms with van der Waals surface area (Å²) in [5.74, 6) is 0.501. The van der Waals surface area contributed by atoms with Crippen LogP contribution in [0.5, 0.6) is 0 Å². The molecule has 1 aliphatic rings. The van der Waals surface area contributed by atoms with Crippen LogP contribution >= 0.6 is 0 Å². The second-order valence-corrected chi connectivity index (χ2v) is 9.45. The number of nitro benzene ring substituents is 1. The van der Waals surface area contributed by atoms with E-state index in [9.17, 15) is 31.7 Å². The Morgan fingerprint density at radius 1 is 0.971 bits per heavy atom. The molecule has 180 valence electrons. The van der Waals surface area contributed by atoms with E-state index >= 15 is 0 Å². The van der Waals surface area contributed by atoms with Crippen molar-refractivity contribution in [3.05, 3.63) is 70.1 Å². The van der Waals surface area contributed by atoms with Gasteiger partial charge in [0.15, 0.2) is 0 Å². The molecule has 0 saturated carbocycles. The normalized spacial score (nSPS) is 16.0. The molecule has 14 heteroatoms. The van der Waals surface area contributed by atoms with Crippen LogP contribution in [0.3, 0.4) is 0 Å². The second kappa shape index (κ2) is 9.12. The number of halogens is 3. The van der Waals surface area contributed by atoms with Crippen LogP contribution in [0, 0.1) is 10.1 Å². The third-order valence-corrected chi connectivity index (χ3v) is 7.21. The standard InChI is InChI=1S/C20H18F3N5O5S/c21-20(22,23)15-3-7-17(8-4-15)34(31,32)27-11-9-26(10-12-27)13-18-24-25-19(33-18)14-1-5-16(6-2-14)28(29)30/h1-8H,9-13H2. The fourth-order valence-corrected chi connectivity index (χ4v) is 4.87. The van der Waals surface area contributed by atoms with Crippen molar-refractivity contribution in [3.8, 4) is 11.5 Å². The monoisotopic (exact) mass is 497 g/mol. The Kier molecular flexibility index (Phi) is 6.38. The van der Waals surface area contributed by atoms with Gasteiger partial charge in [0.1, 0.15) is 0 Å². The van der Waals surface area contributed by atoms with Crippen LogP contribution in [0.1, 0.15) is 11.5 Å². The number of nitrogens with zero attached hydrogens (tertiary/aromatic N) is 5. The molecular weight excluding hydrogens is 479 g/mol. The van der Waals surface area contributed by atoms with Gasteiger partial charge >= 0.3 is 6.18 Å². The number of hydrogen-bond donors (Lipinski definition) is 0. The zero-order valence-corrected chi connectivity index (χ0v) is 18.3. The molecule has 1 saturated heterocycles. The lowest BCUT2D eigenvalue weighted by atomic mass is 10.2. The smallest absolute Gasteiger partial charge is 0.416 e. The highest BCUT2D eigenvalue weighted by atomic mass is 32.2. The van der Waals surface area contributed by atoms with Crippen LogP contribution in [0.25, 0.3) is 11.5 Å². The molecule has 0 unspecified atom stereocenters. The second-order valence-electron chi connectivity index (χ2n) is 7.51. The highest BCUT2D eigenvalue weighted by Crippen LogP contribution is 2.30. The van der Waals surface area contributed by atoms with Crippen molar-refractivity contribution in [1.82, 2.24) is 19.4 Å². The highest BCUT2D eigenvalue weighted by molar-refractivity contribution is 7.89. The molecule has 2 heterocycles. The van der Waals surface area contributed by atoms with Gasteiger partial charge in [-0.1, -0.05) is 0 Å². The maximum Gasteiger partial charge on any atom is 0.416 e. The zero-order chi connectivity index (χ0) is 24.5. The maximum atomic E-state index is 12.8. The Bertz CT molecular complexity index is 1270.